The molecule has 0 aliphatic carbocycles. The molecule has 0 spiro atoms. The highest BCUT2D eigenvalue weighted by Gasteiger charge is 2.34. The van der Waals surface area contributed by atoms with Crippen LogP contribution in [0.1, 0.15) is 6.92 Å². The minimum atomic E-state index is -4.13. The molecule has 1 aliphatic rings. The lowest BCUT2D eigenvalue weighted by Crippen LogP contribution is -2.54. The summed E-state index contributed by atoms with van der Waals surface area (Å²) in [6.45, 7) is 2.65. The maximum absolute atomic E-state index is 12.2. The highest BCUT2D eigenvalue weighted by Crippen LogP contribution is 2.19. The van der Waals surface area contributed by atoms with Gasteiger partial charge in [0, 0.05) is 25.7 Å². The number of nitriles is 1. The van der Waals surface area contributed by atoms with Crippen LogP contribution in [0.25, 0.3) is 0 Å². The van der Waals surface area contributed by atoms with E-state index in [-0.39, 0.29) is 6.04 Å². The summed E-state index contributed by atoms with van der Waals surface area (Å²) in [6.07, 6.45) is -4.13. The van der Waals surface area contributed by atoms with Crippen LogP contribution in [0.4, 0.5) is 13.2 Å². The van der Waals surface area contributed by atoms with Gasteiger partial charge < -0.3 is 0 Å². The van der Waals surface area contributed by atoms with Gasteiger partial charge in [-0.3, -0.25) is 9.80 Å². The zero-order valence-electron chi connectivity index (χ0n) is 8.59. The van der Waals surface area contributed by atoms with Gasteiger partial charge in [-0.2, -0.15) is 18.4 Å². The maximum atomic E-state index is 12.2. The van der Waals surface area contributed by atoms with Gasteiger partial charge in [-0.15, -0.1) is 0 Å². The fourth-order valence-electron chi connectivity index (χ4n) is 1.78. The van der Waals surface area contributed by atoms with Gasteiger partial charge in [0.2, 0.25) is 0 Å². The van der Waals surface area contributed by atoms with E-state index < -0.39 is 12.7 Å². The van der Waals surface area contributed by atoms with E-state index >= 15 is 0 Å². The SMILES string of the molecule is CC1CN(CC#N)CCN1CC(F)(F)F. The Balaban J connectivity index is 2.43. The van der Waals surface area contributed by atoms with Crippen LogP contribution in [-0.2, 0) is 0 Å². The number of rotatable bonds is 2. The van der Waals surface area contributed by atoms with Crippen LogP contribution in [0.3, 0.4) is 0 Å². The van der Waals surface area contributed by atoms with Crippen LogP contribution in [0.5, 0.6) is 0 Å². The molecule has 1 saturated heterocycles. The smallest absolute Gasteiger partial charge is 0.290 e. The summed E-state index contributed by atoms with van der Waals surface area (Å²) in [6, 6.07) is 1.86. The molecule has 6 heteroatoms. The van der Waals surface area contributed by atoms with Crippen molar-refractivity contribution in [1.29, 1.82) is 5.26 Å². The van der Waals surface area contributed by atoms with Crippen LogP contribution in [0, 0.1) is 11.3 Å². The van der Waals surface area contributed by atoms with Crippen LogP contribution >= 0.6 is 0 Å². The first-order chi connectivity index (χ1) is 6.92. The molecule has 1 rings (SSSR count). The summed E-state index contributed by atoms with van der Waals surface area (Å²) in [4.78, 5) is 3.28. The van der Waals surface area contributed by atoms with E-state index in [1.165, 1.54) is 4.90 Å². The van der Waals surface area contributed by atoms with Gasteiger partial charge in [-0.1, -0.05) is 0 Å². The Bertz CT molecular complexity index is 246. The second-order valence-electron chi connectivity index (χ2n) is 3.83. The molecule has 0 aromatic carbocycles. The molecule has 0 aromatic heterocycles. The topological polar surface area (TPSA) is 30.3 Å². The Morgan fingerprint density at radius 2 is 2.07 bits per heavy atom. The normalized spacial score (nSPS) is 25.1. The lowest BCUT2D eigenvalue weighted by molar-refractivity contribution is -0.154. The van der Waals surface area contributed by atoms with Crippen LogP contribution in [0.2, 0.25) is 0 Å². The van der Waals surface area contributed by atoms with Gasteiger partial charge in [-0.05, 0) is 6.92 Å². The predicted octanol–water partition coefficient (Wildman–Crippen LogP) is 1.08. The fraction of sp³-hybridized carbons (Fsp3) is 0.889. The van der Waals surface area contributed by atoms with Crippen molar-refractivity contribution >= 4 is 0 Å². The van der Waals surface area contributed by atoms with Crippen molar-refractivity contribution in [2.75, 3.05) is 32.7 Å². The van der Waals surface area contributed by atoms with Gasteiger partial charge in [0.15, 0.2) is 0 Å². The van der Waals surface area contributed by atoms with Gasteiger partial charge >= 0.3 is 6.18 Å². The minimum absolute atomic E-state index is 0.145. The molecule has 0 radical (unpaired) electrons. The van der Waals surface area contributed by atoms with Crippen LogP contribution in [-0.4, -0.2) is 54.7 Å². The summed E-state index contributed by atoms with van der Waals surface area (Å²) >= 11 is 0. The summed E-state index contributed by atoms with van der Waals surface area (Å²) in [5, 5.41) is 8.47. The number of piperazine rings is 1. The van der Waals surface area contributed by atoms with E-state index in [4.69, 9.17) is 5.26 Å². The zero-order valence-corrected chi connectivity index (χ0v) is 8.59. The summed E-state index contributed by atoms with van der Waals surface area (Å²) in [5.74, 6) is 0. The van der Waals surface area contributed by atoms with Crippen molar-refractivity contribution < 1.29 is 13.2 Å². The van der Waals surface area contributed by atoms with Crippen molar-refractivity contribution in [1.82, 2.24) is 9.80 Å². The molecule has 1 atom stereocenters. The van der Waals surface area contributed by atoms with E-state index in [9.17, 15) is 13.2 Å². The predicted molar refractivity (Wildman–Crippen MR) is 49.1 cm³/mol. The molecule has 0 amide bonds. The molecule has 15 heavy (non-hydrogen) atoms. The molecule has 1 aliphatic heterocycles. The Morgan fingerprint density at radius 3 is 2.53 bits per heavy atom. The zero-order chi connectivity index (χ0) is 11.5. The van der Waals surface area contributed by atoms with Crippen molar-refractivity contribution in [3.05, 3.63) is 0 Å². The maximum Gasteiger partial charge on any atom is 0.401 e. The summed E-state index contributed by atoms with van der Waals surface area (Å²) in [7, 11) is 0. The van der Waals surface area contributed by atoms with Crippen molar-refractivity contribution in [2.45, 2.75) is 19.1 Å². The number of nitrogens with zero attached hydrogens (tertiary/aromatic N) is 3. The summed E-state index contributed by atoms with van der Waals surface area (Å²) in [5.41, 5.74) is 0. The molecule has 0 aromatic rings. The second-order valence-corrected chi connectivity index (χ2v) is 3.83. The highest BCUT2D eigenvalue weighted by atomic mass is 19.4. The standard InChI is InChI=1S/C9H14F3N3/c1-8-6-14(3-2-13)4-5-15(8)7-9(10,11)12/h8H,3-7H2,1H3. The number of hydrogen-bond donors (Lipinski definition) is 0. The average molecular weight is 221 g/mol. The number of halogens is 3. The second kappa shape index (κ2) is 4.81. The van der Waals surface area contributed by atoms with Crippen LogP contribution in [0.15, 0.2) is 0 Å². The van der Waals surface area contributed by atoms with Gasteiger partial charge in [-0.25, -0.2) is 0 Å². The molecule has 86 valence electrons. The van der Waals surface area contributed by atoms with E-state index in [0.29, 0.717) is 26.2 Å². The molecule has 1 heterocycles. The molecule has 1 fully saturated rings. The third-order valence-electron chi connectivity index (χ3n) is 2.53. The largest absolute Gasteiger partial charge is 0.401 e. The number of hydrogen-bond acceptors (Lipinski definition) is 3. The van der Waals surface area contributed by atoms with E-state index in [0.717, 1.165) is 0 Å². The van der Waals surface area contributed by atoms with Gasteiger partial charge in [0.25, 0.3) is 0 Å². The fourth-order valence-corrected chi connectivity index (χ4v) is 1.78. The van der Waals surface area contributed by atoms with Gasteiger partial charge in [0.05, 0.1) is 19.2 Å². The molecular weight excluding hydrogens is 207 g/mol. The Hall–Kier alpha value is -0.800. The third-order valence-corrected chi connectivity index (χ3v) is 2.53. The molecular formula is C9H14F3N3. The number of alkyl halides is 3. The van der Waals surface area contributed by atoms with E-state index in [1.54, 1.807) is 6.92 Å². The quantitative estimate of drug-likeness (QED) is 0.654. The molecule has 0 bridgehead atoms. The summed E-state index contributed by atoms with van der Waals surface area (Å²) < 4.78 is 36.5. The Labute approximate surface area is 87.1 Å². The average Bonchev–Trinajstić information content (AvgIpc) is 2.08. The van der Waals surface area contributed by atoms with E-state index in [1.807, 2.05) is 11.0 Å². The highest BCUT2D eigenvalue weighted by molar-refractivity contribution is 4.85. The van der Waals surface area contributed by atoms with Crippen molar-refractivity contribution in [2.24, 2.45) is 0 Å². The lowest BCUT2D eigenvalue weighted by Gasteiger charge is -2.39. The van der Waals surface area contributed by atoms with Crippen molar-refractivity contribution in [3.8, 4) is 6.07 Å². The first-order valence-electron chi connectivity index (χ1n) is 4.82. The third kappa shape index (κ3) is 4.06. The first-order valence-corrected chi connectivity index (χ1v) is 4.82. The lowest BCUT2D eigenvalue weighted by atomic mass is 10.2. The Morgan fingerprint density at radius 1 is 1.40 bits per heavy atom. The molecule has 3 nitrogen and oxygen atoms in total. The monoisotopic (exact) mass is 221 g/mol. The van der Waals surface area contributed by atoms with Crippen LogP contribution < -0.4 is 0 Å². The van der Waals surface area contributed by atoms with E-state index in [2.05, 4.69) is 0 Å². The molecule has 0 N–H and O–H groups in total. The van der Waals surface area contributed by atoms with Crippen molar-refractivity contribution in [3.63, 3.8) is 0 Å². The van der Waals surface area contributed by atoms with Gasteiger partial charge in [0.1, 0.15) is 0 Å². The molecule has 1 unspecified atom stereocenters. The molecule has 0 saturated carbocycles. The first kappa shape index (κ1) is 12.3. The Kier molecular flexibility index (Phi) is 3.94. The minimum Gasteiger partial charge on any atom is -0.290 e.